The van der Waals surface area contributed by atoms with Crippen molar-refractivity contribution in [2.45, 2.75) is 32.2 Å². The zero-order valence-corrected chi connectivity index (χ0v) is 13.2. The average molecular weight is 318 g/mol. The molecule has 1 aromatic carbocycles. The minimum absolute atomic E-state index is 0.0965. The van der Waals surface area contributed by atoms with E-state index in [1.165, 1.54) is 6.92 Å². The number of urea groups is 2. The summed E-state index contributed by atoms with van der Waals surface area (Å²) in [6.45, 7) is 2.40. The Morgan fingerprint density at radius 3 is 2.70 bits per heavy atom. The largest absolute Gasteiger partial charge is 0.352 e. The number of Topliss-reactive ketones (excluding diaryl/α,β-unsaturated/α-hetero) is 1. The summed E-state index contributed by atoms with van der Waals surface area (Å²) >= 11 is 0. The molecule has 1 atom stereocenters. The number of nitrogens with two attached hydrogens (primary N) is 1. The molecule has 1 saturated heterocycles. The predicted octanol–water partition coefficient (Wildman–Crippen LogP) is 1.94. The highest BCUT2D eigenvalue weighted by Gasteiger charge is 2.27. The molecule has 1 aliphatic heterocycles. The molecule has 7 heteroatoms. The van der Waals surface area contributed by atoms with Gasteiger partial charge in [0.25, 0.3) is 0 Å². The number of carbonyl (C=O) groups excluding carboxylic acids is 3. The summed E-state index contributed by atoms with van der Waals surface area (Å²) in [6, 6.07) is 5.94. The van der Waals surface area contributed by atoms with E-state index in [1.54, 1.807) is 29.2 Å². The zero-order chi connectivity index (χ0) is 16.8. The van der Waals surface area contributed by atoms with Gasteiger partial charge in [0.05, 0.1) is 11.7 Å². The zero-order valence-electron chi connectivity index (χ0n) is 13.2. The van der Waals surface area contributed by atoms with Crippen molar-refractivity contribution in [2.24, 2.45) is 5.73 Å². The van der Waals surface area contributed by atoms with E-state index in [1.807, 2.05) is 0 Å². The number of para-hydroxylation sites is 1. The normalized spacial score (nSPS) is 17.4. The first-order valence-electron chi connectivity index (χ1n) is 7.70. The van der Waals surface area contributed by atoms with Gasteiger partial charge < -0.3 is 21.3 Å². The number of primary amides is 1. The van der Waals surface area contributed by atoms with Gasteiger partial charge in [-0.2, -0.15) is 0 Å². The van der Waals surface area contributed by atoms with E-state index in [-0.39, 0.29) is 17.9 Å². The second-order valence-corrected chi connectivity index (χ2v) is 5.62. The Kier molecular flexibility index (Phi) is 5.56. The van der Waals surface area contributed by atoms with Gasteiger partial charge >= 0.3 is 12.1 Å². The number of hydrogen-bond acceptors (Lipinski definition) is 3. The maximum atomic E-state index is 12.6. The lowest BCUT2D eigenvalue weighted by Gasteiger charge is -2.35. The molecule has 4 N–H and O–H groups in total. The second kappa shape index (κ2) is 7.62. The van der Waals surface area contributed by atoms with Crippen LogP contribution in [0.25, 0.3) is 0 Å². The fraction of sp³-hybridized carbons (Fsp3) is 0.438. The van der Waals surface area contributed by atoms with Crippen molar-refractivity contribution in [3.05, 3.63) is 29.8 Å². The number of piperidine rings is 1. The van der Waals surface area contributed by atoms with Gasteiger partial charge in [-0.25, -0.2) is 9.59 Å². The smallest absolute Gasteiger partial charge is 0.322 e. The average Bonchev–Trinajstić information content (AvgIpc) is 2.53. The molecule has 1 aliphatic rings. The fourth-order valence-electron chi connectivity index (χ4n) is 2.78. The van der Waals surface area contributed by atoms with E-state index < -0.39 is 6.03 Å². The highest BCUT2D eigenvalue weighted by atomic mass is 16.2. The van der Waals surface area contributed by atoms with Crippen molar-refractivity contribution in [3.8, 4) is 0 Å². The fourth-order valence-corrected chi connectivity index (χ4v) is 2.78. The number of benzene rings is 1. The van der Waals surface area contributed by atoms with Gasteiger partial charge in [0.15, 0.2) is 5.78 Å². The summed E-state index contributed by atoms with van der Waals surface area (Å²) in [5.41, 5.74) is 6.08. The van der Waals surface area contributed by atoms with Crippen molar-refractivity contribution >= 4 is 23.5 Å². The van der Waals surface area contributed by atoms with E-state index in [4.69, 9.17) is 5.73 Å². The Bertz CT molecular complexity index is 603. The van der Waals surface area contributed by atoms with Crippen LogP contribution >= 0.6 is 0 Å². The molecule has 2 rings (SSSR count). The summed E-state index contributed by atoms with van der Waals surface area (Å²) in [4.78, 5) is 36.8. The molecule has 4 amide bonds. The summed E-state index contributed by atoms with van der Waals surface area (Å²) in [6.07, 6.45) is 2.72. The molecular formula is C16H22N4O3. The third-order valence-electron chi connectivity index (χ3n) is 3.95. The second-order valence-electron chi connectivity index (χ2n) is 5.62. The first-order valence-corrected chi connectivity index (χ1v) is 7.70. The molecule has 0 radical (unpaired) electrons. The van der Waals surface area contributed by atoms with Crippen LogP contribution in [0, 0.1) is 0 Å². The number of carbonyl (C=O) groups is 3. The van der Waals surface area contributed by atoms with Crippen molar-refractivity contribution in [2.75, 3.05) is 18.4 Å². The number of anilines is 1. The molecule has 0 saturated carbocycles. The third-order valence-corrected chi connectivity index (χ3v) is 3.95. The molecule has 1 fully saturated rings. The molecule has 0 spiro atoms. The number of rotatable bonds is 4. The summed E-state index contributed by atoms with van der Waals surface area (Å²) in [7, 11) is 0. The van der Waals surface area contributed by atoms with E-state index in [9.17, 15) is 14.4 Å². The van der Waals surface area contributed by atoms with Crippen LogP contribution in [0.15, 0.2) is 24.3 Å². The van der Waals surface area contributed by atoms with Crippen molar-refractivity contribution in [3.63, 3.8) is 0 Å². The number of ketones is 1. The Hall–Kier alpha value is -2.57. The van der Waals surface area contributed by atoms with Gasteiger partial charge in [-0.05, 0) is 38.3 Å². The quantitative estimate of drug-likeness (QED) is 0.739. The van der Waals surface area contributed by atoms with Gasteiger partial charge in [0, 0.05) is 18.7 Å². The van der Waals surface area contributed by atoms with Crippen molar-refractivity contribution < 1.29 is 14.4 Å². The first kappa shape index (κ1) is 16.8. The lowest BCUT2D eigenvalue weighted by Crippen LogP contribution is -2.51. The SMILES string of the molecule is CC(=O)c1ccccc1NC(=O)N1CCCCC1CNC(N)=O. The molecule has 1 heterocycles. The van der Waals surface area contributed by atoms with Crippen LogP contribution in [-0.4, -0.2) is 41.9 Å². The van der Waals surface area contributed by atoms with Crippen LogP contribution in [0.4, 0.5) is 15.3 Å². The molecule has 23 heavy (non-hydrogen) atoms. The minimum atomic E-state index is -0.599. The van der Waals surface area contributed by atoms with Crippen LogP contribution in [0.3, 0.4) is 0 Å². The Morgan fingerprint density at radius 1 is 1.26 bits per heavy atom. The molecule has 0 aliphatic carbocycles. The molecule has 1 aromatic rings. The molecule has 124 valence electrons. The van der Waals surface area contributed by atoms with Gasteiger partial charge in [-0.3, -0.25) is 4.79 Å². The van der Waals surface area contributed by atoms with Crippen molar-refractivity contribution in [1.29, 1.82) is 0 Å². The van der Waals surface area contributed by atoms with E-state index in [2.05, 4.69) is 10.6 Å². The van der Waals surface area contributed by atoms with Crippen LogP contribution in [0.2, 0.25) is 0 Å². The summed E-state index contributed by atoms with van der Waals surface area (Å²) in [5, 5.41) is 5.36. The van der Waals surface area contributed by atoms with Gasteiger partial charge in [-0.15, -0.1) is 0 Å². The Balaban J connectivity index is 2.08. The highest BCUT2D eigenvalue weighted by Crippen LogP contribution is 2.20. The lowest BCUT2D eigenvalue weighted by molar-refractivity contribution is 0.101. The molecule has 7 nitrogen and oxygen atoms in total. The summed E-state index contributed by atoms with van der Waals surface area (Å²) < 4.78 is 0. The van der Waals surface area contributed by atoms with Crippen LogP contribution in [0.5, 0.6) is 0 Å². The van der Waals surface area contributed by atoms with Crippen molar-refractivity contribution in [1.82, 2.24) is 10.2 Å². The Labute approximate surface area is 135 Å². The van der Waals surface area contributed by atoms with Gasteiger partial charge in [0.2, 0.25) is 0 Å². The predicted molar refractivity (Wildman–Crippen MR) is 87.4 cm³/mol. The van der Waals surface area contributed by atoms with Gasteiger partial charge in [-0.1, -0.05) is 12.1 Å². The first-order chi connectivity index (χ1) is 11.0. The maximum Gasteiger partial charge on any atom is 0.322 e. The number of nitrogens with zero attached hydrogens (tertiary/aromatic N) is 1. The van der Waals surface area contributed by atoms with E-state index >= 15 is 0 Å². The maximum absolute atomic E-state index is 12.6. The molecule has 0 bridgehead atoms. The number of nitrogens with one attached hydrogen (secondary N) is 2. The standard InChI is InChI=1S/C16H22N4O3/c1-11(21)13-7-2-3-8-14(13)19-16(23)20-9-5-4-6-12(20)10-18-15(17)22/h2-3,7-8,12H,4-6,9-10H2,1H3,(H,19,23)(H3,17,18,22). The summed E-state index contributed by atoms with van der Waals surface area (Å²) in [5.74, 6) is -0.105. The Morgan fingerprint density at radius 2 is 2.00 bits per heavy atom. The topological polar surface area (TPSA) is 105 Å². The molecular weight excluding hydrogens is 296 g/mol. The molecule has 1 unspecified atom stereocenters. The number of amides is 4. The highest BCUT2D eigenvalue weighted by molar-refractivity contribution is 6.03. The number of hydrogen-bond donors (Lipinski definition) is 3. The van der Waals surface area contributed by atoms with Gasteiger partial charge in [0.1, 0.15) is 0 Å². The monoisotopic (exact) mass is 318 g/mol. The molecule has 0 aromatic heterocycles. The van der Waals surface area contributed by atoms with E-state index in [0.717, 1.165) is 19.3 Å². The van der Waals surface area contributed by atoms with E-state index in [0.29, 0.717) is 24.3 Å². The minimum Gasteiger partial charge on any atom is -0.352 e. The lowest BCUT2D eigenvalue weighted by atomic mass is 10.0. The van der Waals surface area contributed by atoms with Crippen LogP contribution < -0.4 is 16.4 Å². The number of likely N-dealkylation sites (tertiary alicyclic amines) is 1. The van der Waals surface area contributed by atoms with Crippen LogP contribution in [0.1, 0.15) is 36.5 Å². The third kappa shape index (κ3) is 4.45. The van der Waals surface area contributed by atoms with Crippen LogP contribution in [-0.2, 0) is 0 Å².